The van der Waals surface area contributed by atoms with Crippen molar-refractivity contribution in [3.05, 3.63) is 53.5 Å². The molecule has 9 nitrogen and oxygen atoms in total. The molecule has 2 heterocycles. The van der Waals surface area contributed by atoms with Crippen molar-refractivity contribution in [2.24, 2.45) is 11.1 Å². The molecule has 0 saturated heterocycles. The van der Waals surface area contributed by atoms with Crippen LogP contribution in [0.3, 0.4) is 0 Å². The van der Waals surface area contributed by atoms with Gasteiger partial charge in [0.25, 0.3) is 0 Å². The Morgan fingerprint density at radius 2 is 2.06 bits per heavy atom. The second kappa shape index (κ2) is 9.32. The van der Waals surface area contributed by atoms with E-state index in [9.17, 15) is 9.90 Å². The van der Waals surface area contributed by atoms with Crippen molar-refractivity contribution in [1.82, 2.24) is 15.1 Å². The van der Waals surface area contributed by atoms with Crippen molar-refractivity contribution < 1.29 is 23.9 Å². The van der Waals surface area contributed by atoms with Crippen LogP contribution < -0.4 is 10.5 Å². The van der Waals surface area contributed by atoms with Crippen LogP contribution in [0.2, 0.25) is 5.02 Å². The monoisotopic (exact) mass is 446 g/mol. The molecule has 1 aromatic carbocycles. The molecule has 3 N–H and O–H groups in total. The summed E-state index contributed by atoms with van der Waals surface area (Å²) >= 11 is 5.84. The molecular formula is C21H23ClN4O5. The van der Waals surface area contributed by atoms with Gasteiger partial charge in [0.2, 0.25) is 17.6 Å². The maximum Gasteiger partial charge on any atom is 0.404 e. The lowest BCUT2D eigenvalue weighted by atomic mass is 9.85. The van der Waals surface area contributed by atoms with E-state index in [2.05, 4.69) is 15.1 Å². The quantitative estimate of drug-likeness (QED) is 0.556. The molecule has 10 heteroatoms. The van der Waals surface area contributed by atoms with Crippen molar-refractivity contribution >= 4 is 17.7 Å². The Kier molecular flexibility index (Phi) is 6.77. The van der Waals surface area contributed by atoms with E-state index in [0.717, 1.165) is 0 Å². The summed E-state index contributed by atoms with van der Waals surface area (Å²) in [5, 5.41) is 15.0. The Labute approximate surface area is 184 Å². The molecule has 3 rings (SSSR count). The van der Waals surface area contributed by atoms with Gasteiger partial charge in [-0.2, -0.15) is 4.98 Å². The molecule has 1 amide bonds. The summed E-state index contributed by atoms with van der Waals surface area (Å²) in [6.07, 6.45) is -1.41. The highest BCUT2D eigenvalue weighted by Gasteiger charge is 2.34. The standard InChI is InChI=1S/C21H23ClN4O5/c1-21(2,3)18(27)15(30-20(23)28)10-17-25-19(26-31-17)12-5-4-6-14(9-12)29-16-8-7-13(22)11-24-16/h4-9,11,15,18,27H,10H2,1-3H3,(H2,23,28). The van der Waals surface area contributed by atoms with Gasteiger partial charge < -0.3 is 24.8 Å². The van der Waals surface area contributed by atoms with Gasteiger partial charge >= 0.3 is 6.09 Å². The zero-order valence-electron chi connectivity index (χ0n) is 17.3. The van der Waals surface area contributed by atoms with Gasteiger partial charge in [-0.05, 0) is 23.6 Å². The SMILES string of the molecule is CC(C)(C)C(O)C(Cc1nc(-c2cccc(Oc3ccc(Cl)cn3)c2)no1)OC(N)=O. The Balaban J connectivity index is 1.76. The Morgan fingerprint density at radius 1 is 1.29 bits per heavy atom. The number of benzene rings is 1. The van der Waals surface area contributed by atoms with Gasteiger partial charge in [0, 0.05) is 17.8 Å². The Morgan fingerprint density at radius 3 is 2.71 bits per heavy atom. The van der Waals surface area contributed by atoms with Gasteiger partial charge in [-0.25, -0.2) is 9.78 Å². The molecule has 2 atom stereocenters. The van der Waals surface area contributed by atoms with E-state index >= 15 is 0 Å². The highest BCUT2D eigenvalue weighted by atomic mass is 35.5. The highest BCUT2D eigenvalue weighted by molar-refractivity contribution is 6.30. The molecule has 2 aromatic heterocycles. The predicted octanol–water partition coefficient (Wildman–Crippen LogP) is 3.99. The molecule has 164 valence electrons. The molecule has 0 aliphatic rings. The number of rotatable bonds is 7. The van der Waals surface area contributed by atoms with Crippen molar-refractivity contribution in [2.45, 2.75) is 39.4 Å². The van der Waals surface area contributed by atoms with Crippen LogP contribution in [0.4, 0.5) is 4.79 Å². The lowest BCUT2D eigenvalue weighted by Crippen LogP contribution is -2.42. The molecule has 0 aliphatic heterocycles. The summed E-state index contributed by atoms with van der Waals surface area (Å²) in [7, 11) is 0. The smallest absolute Gasteiger partial charge is 0.404 e. The number of carbonyl (C=O) groups excluding carboxylic acids is 1. The number of aliphatic hydroxyl groups is 1. The third-order valence-electron chi connectivity index (χ3n) is 4.37. The summed E-state index contributed by atoms with van der Waals surface area (Å²) in [6, 6.07) is 10.4. The van der Waals surface area contributed by atoms with Gasteiger partial charge in [-0.15, -0.1) is 0 Å². The van der Waals surface area contributed by atoms with E-state index in [1.165, 1.54) is 6.20 Å². The molecule has 0 fully saturated rings. The number of aliphatic hydroxyl groups excluding tert-OH is 1. The third-order valence-corrected chi connectivity index (χ3v) is 4.59. The number of halogens is 1. The first kappa shape index (κ1) is 22.5. The lowest BCUT2D eigenvalue weighted by molar-refractivity contribution is -0.0509. The fourth-order valence-corrected chi connectivity index (χ4v) is 2.91. The summed E-state index contributed by atoms with van der Waals surface area (Å²) in [4.78, 5) is 19.7. The molecule has 0 saturated carbocycles. The largest absolute Gasteiger partial charge is 0.443 e. The molecule has 31 heavy (non-hydrogen) atoms. The van der Waals surface area contributed by atoms with Gasteiger partial charge in [-0.1, -0.05) is 49.7 Å². The minimum absolute atomic E-state index is 0.0132. The van der Waals surface area contributed by atoms with Crippen molar-refractivity contribution in [1.29, 1.82) is 0 Å². The van der Waals surface area contributed by atoms with Crippen molar-refractivity contribution in [3.63, 3.8) is 0 Å². The molecule has 0 radical (unpaired) electrons. The van der Waals surface area contributed by atoms with Gasteiger partial charge in [0.1, 0.15) is 11.9 Å². The summed E-state index contributed by atoms with van der Waals surface area (Å²) in [6.45, 7) is 5.44. The number of hydrogen-bond acceptors (Lipinski definition) is 8. The molecular weight excluding hydrogens is 424 g/mol. The first-order valence-corrected chi connectivity index (χ1v) is 9.86. The molecule has 0 bridgehead atoms. The second-order valence-electron chi connectivity index (χ2n) is 7.95. The average Bonchev–Trinajstić information content (AvgIpc) is 3.16. The lowest BCUT2D eigenvalue weighted by Gasteiger charge is -2.31. The number of ether oxygens (including phenoxy) is 2. The molecule has 2 unspecified atom stereocenters. The van der Waals surface area contributed by atoms with E-state index < -0.39 is 23.7 Å². The van der Waals surface area contributed by atoms with Gasteiger partial charge in [-0.3, -0.25) is 0 Å². The van der Waals surface area contributed by atoms with E-state index in [0.29, 0.717) is 28.0 Å². The first-order valence-electron chi connectivity index (χ1n) is 9.48. The van der Waals surface area contributed by atoms with Crippen LogP contribution >= 0.6 is 11.6 Å². The van der Waals surface area contributed by atoms with Crippen molar-refractivity contribution in [2.75, 3.05) is 0 Å². The molecule has 0 spiro atoms. The summed E-state index contributed by atoms with van der Waals surface area (Å²) in [5.74, 6) is 1.41. The Hall–Kier alpha value is -3.17. The summed E-state index contributed by atoms with van der Waals surface area (Å²) in [5.41, 5.74) is 5.24. The van der Waals surface area contributed by atoms with Crippen LogP contribution in [0.5, 0.6) is 11.6 Å². The van der Waals surface area contributed by atoms with Crippen LogP contribution in [0, 0.1) is 5.41 Å². The maximum absolute atomic E-state index is 11.3. The van der Waals surface area contributed by atoms with Crippen LogP contribution in [0.15, 0.2) is 47.1 Å². The van der Waals surface area contributed by atoms with E-state index in [1.807, 2.05) is 20.8 Å². The minimum Gasteiger partial charge on any atom is -0.443 e. The topological polar surface area (TPSA) is 134 Å². The number of pyridine rings is 1. The predicted molar refractivity (Wildman–Crippen MR) is 113 cm³/mol. The number of nitrogens with two attached hydrogens (primary N) is 1. The zero-order chi connectivity index (χ0) is 22.6. The molecule has 0 aliphatic carbocycles. The normalized spacial score (nSPS) is 13.5. The second-order valence-corrected chi connectivity index (χ2v) is 8.38. The number of aromatic nitrogens is 3. The van der Waals surface area contributed by atoms with Crippen LogP contribution in [0.1, 0.15) is 26.7 Å². The van der Waals surface area contributed by atoms with E-state index in [4.69, 9.17) is 31.3 Å². The molecule has 3 aromatic rings. The zero-order valence-corrected chi connectivity index (χ0v) is 18.0. The van der Waals surface area contributed by atoms with Crippen LogP contribution in [-0.4, -0.2) is 38.5 Å². The summed E-state index contributed by atoms with van der Waals surface area (Å²) < 4.78 is 16.1. The average molecular weight is 447 g/mol. The maximum atomic E-state index is 11.3. The number of nitrogens with zero attached hydrogens (tertiary/aromatic N) is 3. The van der Waals surface area contributed by atoms with Gasteiger partial charge in [0.15, 0.2) is 0 Å². The number of primary amides is 1. The fraction of sp³-hybridized carbons (Fsp3) is 0.333. The van der Waals surface area contributed by atoms with E-state index in [1.54, 1.807) is 36.4 Å². The Bertz CT molecular complexity index is 1030. The minimum atomic E-state index is -0.992. The van der Waals surface area contributed by atoms with E-state index in [-0.39, 0.29) is 12.3 Å². The number of carbonyl (C=O) groups is 1. The number of amides is 1. The van der Waals surface area contributed by atoms with Gasteiger partial charge in [0.05, 0.1) is 17.5 Å². The third kappa shape index (κ3) is 6.16. The first-order chi connectivity index (χ1) is 14.6. The van der Waals surface area contributed by atoms with Crippen molar-refractivity contribution in [3.8, 4) is 23.0 Å². The number of hydrogen-bond donors (Lipinski definition) is 2. The fourth-order valence-electron chi connectivity index (χ4n) is 2.79. The van der Waals surface area contributed by atoms with Crippen LogP contribution in [-0.2, 0) is 11.2 Å². The highest BCUT2D eigenvalue weighted by Crippen LogP contribution is 2.28. The van der Waals surface area contributed by atoms with Crippen LogP contribution in [0.25, 0.3) is 11.4 Å².